The third-order valence-corrected chi connectivity index (χ3v) is 2.85. The summed E-state index contributed by atoms with van der Waals surface area (Å²) >= 11 is 0. The average Bonchev–Trinajstić information content (AvgIpc) is 2.47. The van der Waals surface area contributed by atoms with Crippen molar-refractivity contribution in [2.24, 2.45) is 11.5 Å². The van der Waals surface area contributed by atoms with Gasteiger partial charge >= 0.3 is 6.18 Å². The summed E-state index contributed by atoms with van der Waals surface area (Å²) in [6.45, 7) is 0.931. The van der Waals surface area contributed by atoms with Crippen LogP contribution in [0.2, 0.25) is 0 Å². The lowest BCUT2D eigenvalue weighted by atomic mass is 9.99. The maximum atomic E-state index is 12.2. The van der Waals surface area contributed by atoms with Crippen LogP contribution in [0.25, 0.3) is 0 Å². The molecular weight excluding hydrogens is 225 g/mol. The van der Waals surface area contributed by atoms with Gasteiger partial charge < -0.3 is 16.2 Å². The third-order valence-electron chi connectivity index (χ3n) is 2.85. The summed E-state index contributed by atoms with van der Waals surface area (Å²) in [6, 6.07) is 0. The summed E-state index contributed by atoms with van der Waals surface area (Å²) in [5.41, 5.74) is 9.48. The highest BCUT2D eigenvalue weighted by Gasteiger charge is 2.45. The Labute approximate surface area is 91.1 Å². The highest BCUT2D eigenvalue weighted by Crippen LogP contribution is 2.33. The van der Waals surface area contributed by atoms with Crippen LogP contribution in [-0.4, -0.2) is 29.8 Å². The van der Waals surface area contributed by atoms with Gasteiger partial charge in [-0.2, -0.15) is 13.2 Å². The van der Waals surface area contributed by atoms with E-state index in [2.05, 4.69) is 0 Å². The first-order chi connectivity index (χ1) is 7.15. The zero-order valence-electron chi connectivity index (χ0n) is 8.88. The predicted octanol–water partition coefficient (Wildman–Crippen LogP) is 0.689. The Morgan fingerprint density at radius 2 is 2.12 bits per heavy atom. The van der Waals surface area contributed by atoms with Crippen LogP contribution in [0.15, 0.2) is 0 Å². The first-order valence-corrected chi connectivity index (χ1v) is 4.96. The summed E-state index contributed by atoms with van der Waals surface area (Å²) in [6.07, 6.45) is -6.28. The molecule has 16 heavy (non-hydrogen) atoms. The van der Waals surface area contributed by atoms with E-state index in [4.69, 9.17) is 16.2 Å². The number of ether oxygens (including phenoxy) is 1. The lowest BCUT2D eigenvalue weighted by molar-refractivity contribution is -0.226. The lowest BCUT2D eigenvalue weighted by Crippen LogP contribution is -2.50. The summed E-state index contributed by atoms with van der Waals surface area (Å²) in [7, 11) is 0. The molecule has 0 aromatic rings. The number of carbonyl (C=O) groups is 1. The topological polar surface area (TPSA) is 78.3 Å². The maximum Gasteiger partial charge on any atom is 0.414 e. The number of amides is 1. The Hall–Kier alpha value is -0.820. The van der Waals surface area contributed by atoms with Gasteiger partial charge in [0.15, 0.2) is 6.10 Å². The smallest absolute Gasteiger partial charge is 0.368 e. The number of hydrogen-bond acceptors (Lipinski definition) is 3. The van der Waals surface area contributed by atoms with Crippen LogP contribution in [0, 0.1) is 0 Å². The lowest BCUT2D eigenvalue weighted by Gasteiger charge is -2.23. The van der Waals surface area contributed by atoms with E-state index in [0.717, 1.165) is 6.92 Å². The Kier molecular flexibility index (Phi) is 3.49. The summed E-state index contributed by atoms with van der Waals surface area (Å²) in [4.78, 5) is 11.0. The summed E-state index contributed by atoms with van der Waals surface area (Å²) in [5.74, 6) is -0.696. The molecule has 0 aliphatic heterocycles. The van der Waals surface area contributed by atoms with Crippen LogP contribution in [0.5, 0.6) is 0 Å². The zero-order valence-corrected chi connectivity index (χ0v) is 8.88. The van der Waals surface area contributed by atoms with E-state index in [-0.39, 0.29) is 12.8 Å². The molecule has 1 saturated carbocycles. The first kappa shape index (κ1) is 13.2. The second-order valence-corrected chi connectivity index (χ2v) is 4.21. The molecule has 1 aliphatic rings. The van der Waals surface area contributed by atoms with Crippen molar-refractivity contribution in [2.45, 2.75) is 50.1 Å². The van der Waals surface area contributed by atoms with Crippen LogP contribution in [0.4, 0.5) is 13.2 Å². The van der Waals surface area contributed by atoms with Crippen molar-refractivity contribution >= 4 is 5.91 Å². The highest BCUT2D eigenvalue weighted by molar-refractivity contribution is 5.84. The van der Waals surface area contributed by atoms with Crippen molar-refractivity contribution in [1.29, 1.82) is 0 Å². The molecule has 0 spiro atoms. The molecular formula is C9H15F3N2O2. The SMILES string of the molecule is CC(OC1CCC(N)(C(N)=O)C1)C(F)(F)F. The number of primary amides is 1. The molecule has 4 N–H and O–H groups in total. The van der Waals surface area contributed by atoms with Crippen molar-refractivity contribution < 1.29 is 22.7 Å². The normalized spacial score (nSPS) is 32.7. The molecule has 7 heteroatoms. The van der Waals surface area contributed by atoms with E-state index in [0.29, 0.717) is 6.42 Å². The standard InChI is InChI=1S/C9H15F3N2O2/c1-5(9(10,11)12)16-6-2-3-8(14,4-6)7(13)15/h5-6H,2-4,14H2,1H3,(H2,13,15). The van der Waals surface area contributed by atoms with Gasteiger partial charge in [-0.3, -0.25) is 4.79 Å². The van der Waals surface area contributed by atoms with Crippen molar-refractivity contribution in [3.05, 3.63) is 0 Å². The Morgan fingerprint density at radius 1 is 1.56 bits per heavy atom. The number of rotatable bonds is 3. The summed E-state index contributed by atoms with van der Waals surface area (Å²) < 4.78 is 41.4. The van der Waals surface area contributed by atoms with E-state index in [9.17, 15) is 18.0 Å². The first-order valence-electron chi connectivity index (χ1n) is 4.96. The van der Waals surface area contributed by atoms with Crippen molar-refractivity contribution in [3.8, 4) is 0 Å². The van der Waals surface area contributed by atoms with Gasteiger partial charge in [0.1, 0.15) is 0 Å². The quantitative estimate of drug-likeness (QED) is 0.761. The highest BCUT2D eigenvalue weighted by atomic mass is 19.4. The van der Waals surface area contributed by atoms with E-state index in [1.807, 2.05) is 0 Å². The van der Waals surface area contributed by atoms with Crippen molar-refractivity contribution in [3.63, 3.8) is 0 Å². The number of carbonyl (C=O) groups excluding carboxylic acids is 1. The predicted molar refractivity (Wildman–Crippen MR) is 50.4 cm³/mol. The Morgan fingerprint density at radius 3 is 2.50 bits per heavy atom. The Balaban J connectivity index is 2.52. The second-order valence-electron chi connectivity index (χ2n) is 4.21. The van der Waals surface area contributed by atoms with E-state index < -0.39 is 29.8 Å². The molecule has 1 aliphatic carbocycles. The minimum absolute atomic E-state index is 0.0444. The minimum atomic E-state index is -4.40. The van der Waals surface area contributed by atoms with Crippen molar-refractivity contribution in [1.82, 2.24) is 0 Å². The number of alkyl halides is 3. The van der Waals surface area contributed by atoms with Crippen molar-refractivity contribution in [2.75, 3.05) is 0 Å². The van der Waals surface area contributed by atoms with Gasteiger partial charge in [-0.05, 0) is 19.8 Å². The van der Waals surface area contributed by atoms with Gasteiger partial charge in [-0.15, -0.1) is 0 Å². The van der Waals surface area contributed by atoms with Crippen LogP contribution < -0.4 is 11.5 Å². The van der Waals surface area contributed by atoms with Gasteiger partial charge in [-0.25, -0.2) is 0 Å². The maximum absolute atomic E-state index is 12.2. The van der Waals surface area contributed by atoms with Gasteiger partial charge in [0.25, 0.3) is 0 Å². The second kappa shape index (κ2) is 4.21. The van der Waals surface area contributed by atoms with E-state index >= 15 is 0 Å². The van der Waals surface area contributed by atoms with Crippen LogP contribution in [-0.2, 0) is 9.53 Å². The molecule has 94 valence electrons. The van der Waals surface area contributed by atoms with E-state index in [1.165, 1.54) is 0 Å². The van der Waals surface area contributed by atoms with Crippen LogP contribution >= 0.6 is 0 Å². The third kappa shape index (κ3) is 2.85. The molecule has 0 bridgehead atoms. The molecule has 4 nitrogen and oxygen atoms in total. The molecule has 3 atom stereocenters. The van der Waals surface area contributed by atoms with Crippen LogP contribution in [0.3, 0.4) is 0 Å². The van der Waals surface area contributed by atoms with Gasteiger partial charge in [-0.1, -0.05) is 0 Å². The number of hydrogen-bond donors (Lipinski definition) is 2. The number of halogens is 3. The molecule has 0 heterocycles. The molecule has 0 radical (unpaired) electrons. The molecule has 1 rings (SSSR count). The summed E-state index contributed by atoms with van der Waals surface area (Å²) in [5, 5.41) is 0. The van der Waals surface area contributed by atoms with E-state index in [1.54, 1.807) is 0 Å². The van der Waals surface area contributed by atoms with Gasteiger partial charge in [0, 0.05) is 6.42 Å². The van der Waals surface area contributed by atoms with Gasteiger partial charge in [0.05, 0.1) is 11.6 Å². The fraction of sp³-hybridized carbons (Fsp3) is 0.889. The molecule has 0 aromatic carbocycles. The van der Waals surface area contributed by atoms with Gasteiger partial charge in [0.2, 0.25) is 5.91 Å². The zero-order chi connectivity index (χ0) is 12.6. The molecule has 1 fully saturated rings. The molecule has 1 amide bonds. The molecule has 0 saturated heterocycles. The monoisotopic (exact) mass is 240 g/mol. The molecule has 0 aromatic heterocycles. The largest absolute Gasteiger partial charge is 0.414 e. The fourth-order valence-corrected chi connectivity index (χ4v) is 1.73. The Bertz CT molecular complexity index is 282. The fourth-order valence-electron chi connectivity index (χ4n) is 1.73. The average molecular weight is 240 g/mol. The molecule has 3 unspecified atom stereocenters. The van der Waals surface area contributed by atoms with Crippen LogP contribution in [0.1, 0.15) is 26.2 Å². The number of nitrogens with two attached hydrogens (primary N) is 2. The minimum Gasteiger partial charge on any atom is -0.368 e.